The van der Waals surface area contributed by atoms with E-state index in [0.717, 1.165) is 11.8 Å². The van der Waals surface area contributed by atoms with Gasteiger partial charge in [-0.2, -0.15) is 0 Å². The summed E-state index contributed by atoms with van der Waals surface area (Å²) in [5.74, 6) is 2.06. The maximum Gasteiger partial charge on any atom is -0.0386 e. The first-order chi connectivity index (χ1) is 17.8. The highest BCUT2D eigenvalue weighted by atomic mass is 14.3. The lowest BCUT2D eigenvalue weighted by atomic mass is 9.78. The van der Waals surface area contributed by atoms with Crippen LogP contribution in [0.2, 0.25) is 0 Å². The van der Waals surface area contributed by atoms with Crippen LogP contribution in [0.5, 0.6) is 0 Å². The highest BCUT2D eigenvalue weighted by molar-refractivity contribution is 4.72. The van der Waals surface area contributed by atoms with Crippen LogP contribution in [0.25, 0.3) is 0 Å². The zero-order valence-corrected chi connectivity index (χ0v) is 26.4. The largest absolute Gasteiger partial charge is 0.0654 e. The molecule has 0 spiro atoms. The summed E-state index contributed by atoms with van der Waals surface area (Å²) in [7, 11) is 0. The first-order valence-corrected chi connectivity index (χ1v) is 17.8. The summed E-state index contributed by atoms with van der Waals surface area (Å²) in [5.41, 5.74) is 0. The molecule has 2 atom stereocenters. The third-order valence-electron chi connectivity index (χ3n) is 8.88. The Morgan fingerprint density at radius 3 is 0.639 bits per heavy atom. The molecule has 0 aliphatic heterocycles. The summed E-state index contributed by atoms with van der Waals surface area (Å²) in [6, 6.07) is 0. The minimum absolute atomic E-state index is 1.03. The van der Waals surface area contributed by atoms with E-state index >= 15 is 0 Å². The molecule has 0 heteroatoms. The van der Waals surface area contributed by atoms with E-state index in [9.17, 15) is 0 Å². The Bertz CT molecular complexity index is 372. The summed E-state index contributed by atoms with van der Waals surface area (Å²) in [4.78, 5) is 0. The van der Waals surface area contributed by atoms with Crippen molar-refractivity contribution in [1.29, 1.82) is 0 Å². The molecule has 0 aliphatic rings. The van der Waals surface area contributed by atoms with Crippen LogP contribution in [0.15, 0.2) is 0 Å². The molecule has 36 heavy (non-hydrogen) atoms. The Labute approximate surface area is 232 Å². The van der Waals surface area contributed by atoms with Gasteiger partial charge in [-0.3, -0.25) is 0 Å². The summed E-state index contributed by atoms with van der Waals surface area (Å²) >= 11 is 0. The van der Waals surface area contributed by atoms with E-state index in [1.54, 1.807) is 0 Å². The van der Waals surface area contributed by atoms with Crippen LogP contribution < -0.4 is 0 Å². The van der Waals surface area contributed by atoms with Gasteiger partial charge >= 0.3 is 0 Å². The molecular formula is C36H74. The first kappa shape index (κ1) is 36.0. The van der Waals surface area contributed by atoms with E-state index in [1.807, 2.05) is 0 Å². The zero-order valence-electron chi connectivity index (χ0n) is 26.4. The topological polar surface area (TPSA) is 0 Å². The van der Waals surface area contributed by atoms with E-state index < -0.39 is 0 Å². The molecule has 0 fully saturated rings. The standard InChI is InChI=1S/C36H74/c1-5-9-13-16-18-20-21-23-26-29-33-35(31-27-12-8-4)36(32-28-24-15-11-7-3)34-30-25-22-19-17-14-10-6-2/h35-36H,5-34H2,1-4H3. The van der Waals surface area contributed by atoms with Crippen molar-refractivity contribution in [3.63, 3.8) is 0 Å². The number of hydrogen-bond donors (Lipinski definition) is 0. The Balaban J connectivity index is 4.44. The van der Waals surface area contributed by atoms with Crippen molar-refractivity contribution in [2.24, 2.45) is 11.8 Å². The lowest BCUT2D eigenvalue weighted by Crippen LogP contribution is -2.16. The van der Waals surface area contributed by atoms with Crippen LogP contribution in [-0.2, 0) is 0 Å². The maximum absolute atomic E-state index is 2.38. The third kappa shape index (κ3) is 25.6. The minimum Gasteiger partial charge on any atom is -0.0654 e. The van der Waals surface area contributed by atoms with Crippen molar-refractivity contribution >= 4 is 0 Å². The van der Waals surface area contributed by atoms with Gasteiger partial charge in [0, 0.05) is 0 Å². The third-order valence-corrected chi connectivity index (χ3v) is 8.88. The van der Waals surface area contributed by atoms with Crippen LogP contribution in [0.3, 0.4) is 0 Å². The summed E-state index contributed by atoms with van der Waals surface area (Å²) < 4.78 is 0. The molecule has 2 unspecified atom stereocenters. The monoisotopic (exact) mass is 507 g/mol. The van der Waals surface area contributed by atoms with Gasteiger partial charge in [0.05, 0.1) is 0 Å². The van der Waals surface area contributed by atoms with E-state index in [2.05, 4.69) is 27.7 Å². The Kier molecular flexibility index (Phi) is 31.2. The molecule has 0 aromatic carbocycles. The second-order valence-electron chi connectivity index (χ2n) is 12.5. The molecule has 0 aromatic rings. The van der Waals surface area contributed by atoms with Gasteiger partial charge in [-0.05, 0) is 11.8 Å². The SMILES string of the molecule is CCCCCCCCCCCCC(CCCCC)C(CCCCCCC)CCCCCCCCCC. The van der Waals surface area contributed by atoms with Gasteiger partial charge in [0.15, 0.2) is 0 Å². The van der Waals surface area contributed by atoms with Gasteiger partial charge in [0.2, 0.25) is 0 Å². The van der Waals surface area contributed by atoms with E-state index in [0.29, 0.717) is 0 Å². The second-order valence-corrected chi connectivity index (χ2v) is 12.5. The van der Waals surface area contributed by atoms with Crippen molar-refractivity contribution in [1.82, 2.24) is 0 Å². The highest BCUT2D eigenvalue weighted by Gasteiger charge is 2.20. The van der Waals surface area contributed by atoms with E-state index in [1.165, 1.54) is 193 Å². The summed E-state index contributed by atoms with van der Waals surface area (Å²) in [6.07, 6.45) is 44.2. The van der Waals surface area contributed by atoms with E-state index in [4.69, 9.17) is 0 Å². The maximum atomic E-state index is 2.38. The van der Waals surface area contributed by atoms with Crippen LogP contribution in [0.4, 0.5) is 0 Å². The molecule has 0 saturated heterocycles. The minimum atomic E-state index is 1.03. The predicted octanol–water partition coefficient (Wildman–Crippen LogP) is 14.0. The molecule has 218 valence electrons. The second kappa shape index (κ2) is 31.2. The van der Waals surface area contributed by atoms with Crippen molar-refractivity contribution in [3.05, 3.63) is 0 Å². The van der Waals surface area contributed by atoms with Gasteiger partial charge in [-0.15, -0.1) is 0 Å². The highest BCUT2D eigenvalue weighted by Crippen LogP contribution is 2.33. The predicted molar refractivity (Wildman–Crippen MR) is 168 cm³/mol. The number of unbranched alkanes of at least 4 members (excludes halogenated alkanes) is 22. The van der Waals surface area contributed by atoms with Crippen molar-refractivity contribution in [3.8, 4) is 0 Å². The molecule has 0 aromatic heterocycles. The van der Waals surface area contributed by atoms with Crippen molar-refractivity contribution in [2.75, 3.05) is 0 Å². The fraction of sp³-hybridized carbons (Fsp3) is 1.00. The first-order valence-electron chi connectivity index (χ1n) is 17.8. The molecule has 0 nitrogen and oxygen atoms in total. The number of rotatable bonds is 31. The van der Waals surface area contributed by atoms with Crippen LogP contribution in [0, 0.1) is 11.8 Å². The van der Waals surface area contributed by atoms with Crippen LogP contribution in [-0.4, -0.2) is 0 Å². The average molecular weight is 507 g/mol. The molecule has 0 saturated carbocycles. The van der Waals surface area contributed by atoms with Gasteiger partial charge in [-0.1, -0.05) is 220 Å². The molecule has 0 amide bonds. The van der Waals surface area contributed by atoms with Gasteiger partial charge < -0.3 is 0 Å². The lowest BCUT2D eigenvalue weighted by molar-refractivity contribution is 0.237. The van der Waals surface area contributed by atoms with E-state index in [-0.39, 0.29) is 0 Å². The average Bonchev–Trinajstić information content (AvgIpc) is 2.89. The van der Waals surface area contributed by atoms with Gasteiger partial charge in [0.1, 0.15) is 0 Å². The Morgan fingerprint density at radius 1 is 0.222 bits per heavy atom. The smallest absolute Gasteiger partial charge is 0.0386 e. The molecule has 0 heterocycles. The van der Waals surface area contributed by atoms with Crippen molar-refractivity contribution < 1.29 is 0 Å². The van der Waals surface area contributed by atoms with Crippen molar-refractivity contribution in [2.45, 2.75) is 220 Å². The van der Waals surface area contributed by atoms with Crippen LogP contribution in [0.1, 0.15) is 220 Å². The van der Waals surface area contributed by atoms with Gasteiger partial charge in [-0.25, -0.2) is 0 Å². The lowest BCUT2D eigenvalue weighted by Gasteiger charge is -2.28. The fourth-order valence-electron chi connectivity index (χ4n) is 6.33. The Hall–Kier alpha value is 0. The molecule has 0 bridgehead atoms. The van der Waals surface area contributed by atoms with Crippen LogP contribution >= 0.6 is 0 Å². The zero-order chi connectivity index (χ0) is 26.4. The molecular weight excluding hydrogens is 432 g/mol. The Morgan fingerprint density at radius 2 is 0.389 bits per heavy atom. The molecule has 0 radical (unpaired) electrons. The summed E-state index contributed by atoms with van der Waals surface area (Å²) in [5, 5.41) is 0. The normalized spacial score (nSPS) is 13.3. The fourth-order valence-corrected chi connectivity index (χ4v) is 6.33. The quantitative estimate of drug-likeness (QED) is 0.0820. The van der Waals surface area contributed by atoms with Gasteiger partial charge in [0.25, 0.3) is 0 Å². The molecule has 0 aliphatic carbocycles. The molecule has 0 N–H and O–H groups in total. The molecule has 0 rings (SSSR count). The number of hydrogen-bond acceptors (Lipinski definition) is 0. The summed E-state index contributed by atoms with van der Waals surface area (Å²) in [6.45, 7) is 9.38.